The Labute approximate surface area is 163 Å². The van der Waals surface area contributed by atoms with Crippen LogP contribution < -0.4 is 20.8 Å². The molecule has 0 saturated carbocycles. The van der Waals surface area contributed by atoms with E-state index >= 15 is 0 Å². The van der Waals surface area contributed by atoms with E-state index in [9.17, 15) is 18.4 Å². The number of nitrogens with two attached hydrogens (primary N) is 1. The summed E-state index contributed by atoms with van der Waals surface area (Å²) in [5.41, 5.74) is 5.84. The van der Waals surface area contributed by atoms with Gasteiger partial charge in [-0.25, -0.2) is 13.6 Å². The molecule has 1 fully saturated rings. The summed E-state index contributed by atoms with van der Waals surface area (Å²) in [6.45, 7) is 2.74. The molecule has 0 spiro atoms. The lowest BCUT2D eigenvalue weighted by molar-refractivity contribution is 0.144. The van der Waals surface area contributed by atoms with Gasteiger partial charge < -0.3 is 25.0 Å². The van der Waals surface area contributed by atoms with Crippen LogP contribution in [-0.2, 0) is 0 Å². The average molecular weight is 401 g/mol. The second kappa shape index (κ2) is 6.56. The largest absolute Gasteiger partial charge is 0.511 e. The highest BCUT2D eigenvalue weighted by atomic mass is 19.1. The van der Waals surface area contributed by atoms with Crippen LogP contribution in [-0.4, -0.2) is 34.5 Å². The number of anilines is 1. The number of nitrogens with zero attached hydrogens (tertiary/aromatic N) is 2. The summed E-state index contributed by atoms with van der Waals surface area (Å²) in [7, 11) is 0. The van der Waals surface area contributed by atoms with Crippen molar-refractivity contribution in [1.82, 2.24) is 4.57 Å². The van der Waals surface area contributed by atoms with Crippen molar-refractivity contribution in [1.29, 1.82) is 0 Å². The summed E-state index contributed by atoms with van der Waals surface area (Å²) >= 11 is 0. The molecular formula is C20H17F2N3O4. The van der Waals surface area contributed by atoms with Crippen molar-refractivity contribution >= 4 is 22.7 Å². The van der Waals surface area contributed by atoms with E-state index in [2.05, 4.69) is 4.74 Å². The standard InChI is InChI=1S/C20H17F2N3O4/c1-20(23)9-24(10-20)16-7-15-13(6-14(16)22)18(26)17(29-19(27)28)8-25(15)12-4-2-11(21)3-5-12/h2-8H,9-10,23H2,1H3,(H,27,28). The van der Waals surface area contributed by atoms with E-state index in [1.165, 1.54) is 41.1 Å². The Kier molecular flexibility index (Phi) is 4.27. The van der Waals surface area contributed by atoms with E-state index in [-0.39, 0.29) is 11.1 Å². The van der Waals surface area contributed by atoms with Gasteiger partial charge in [0.1, 0.15) is 11.6 Å². The van der Waals surface area contributed by atoms with Crippen LogP contribution in [0.1, 0.15) is 6.92 Å². The molecule has 2 aromatic carbocycles. The highest BCUT2D eigenvalue weighted by molar-refractivity contribution is 5.86. The summed E-state index contributed by atoms with van der Waals surface area (Å²) < 4.78 is 34.2. The van der Waals surface area contributed by atoms with Gasteiger partial charge in [-0.1, -0.05) is 0 Å². The number of rotatable bonds is 3. The fraction of sp³-hybridized carbons (Fsp3) is 0.200. The third kappa shape index (κ3) is 3.40. The van der Waals surface area contributed by atoms with Crippen LogP contribution in [0.15, 0.2) is 47.4 Å². The highest BCUT2D eigenvalue weighted by Crippen LogP contribution is 2.32. The van der Waals surface area contributed by atoms with Crippen LogP contribution in [0, 0.1) is 11.6 Å². The van der Waals surface area contributed by atoms with Gasteiger partial charge in [-0.15, -0.1) is 0 Å². The molecule has 0 amide bonds. The number of hydrogen-bond donors (Lipinski definition) is 2. The van der Waals surface area contributed by atoms with Gasteiger partial charge in [0.05, 0.1) is 22.8 Å². The number of carboxylic acid groups (broad SMARTS) is 1. The minimum absolute atomic E-state index is 0.0645. The minimum Gasteiger partial charge on any atom is -0.449 e. The fourth-order valence-electron chi connectivity index (χ4n) is 3.53. The lowest BCUT2D eigenvalue weighted by atomic mass is 9.93. The summed E-state index contributed by atoms with van der Waals surface area (Å²) in [4.78, 5) is 25.4. The molecular weight excluding hydrogens is 384 g/mol. The van der Waals surface area contributed by atoms with Crippen molar-refractivity contribution in [3.63, 3.8) is 0 Å². The van der Waals surface area contributed by atoms with E-state index in [0.717, 1.165) is 6.07 Å². The lowest BCUT2D eigenvalue weighted by Gasteiger charge is -2.47. The number of aromatic nitrogens is 1. The van der Waals surface area contributed by atoms with Crippen LogP contribution in [0.4, 0.5) is 19.3 Å². The third-order valence-corrected chi connectivity index (χ3v) is 4.79. The van der Waals surface area contributed by atoms with Gasteiger partial charge >= 0.3 is 6.16 Å². The molecule has 29 heavy (non-hydrogen) atoms. The predicted octanol–water partition coefficient (Wildman–Crippen LogP) is 2.86. The van der Waals surface area contributed by atoms with E-state index < -0.39 is 34.5 Å². The number of benzene rings is 2. The molecule has 0 aliphatic carbocycles. The summed E-state index contributed by atoms with van der Waals surface area (Å²) in [5, 5.41) is 8.84. The van der Waals surface area contributed by atoms with Crippen molar-refractivity contribution in [3.8, 4) is 11.4 Å². The lowest BCUT2D eigenvalue weighted by Crippen LogP contribution is -2.65. The maximum atomic E-state index is 14.8. The van der Waals surface area contributed by atoms with Crippen LogP contribution in [0.3, 0.4) is 0 Å². The van der Waals surface area contributed by atoms with Crippen molar-refractivity contribution in [2.45, 2.75) is 12.5 Å². The molecule has 150 valence electrons. The second-order valence-corrected chi connectivity index (χ2v) is 7.37. The van der Waals surface area contributed by atoms with Crippen molar-refractivity contribution in [2.24, 2.45) is 5.73 Å². The summed E-state index contributed by atoms with van der Waals surface area (Å²) in [6.07, 6.45) is -0.483. The first-order valence-corrected chi connectivity index (χ1v) is 8.74. The van der Waals surface area contributed by atoms with Crippen molar-refractivity contribution in [3.05, 3.63) is 64.5 Å². The molecule has 1 saturated heterocycles. The van der Waals surface area contributed by atoms with Gasteiger partial charge in [0.2, 0.25) is 5.43 Å². The molecule has 1 aromatic heterocycles. The number of fused-ring (bicyclic) bond motifs is 1. The van der Waals surface area contributed by atoms with Gasteiger partial charge in [-0.3, -0.25) is 4.79 Å². The van der Waals surface area contributed by atoms with Gasteiger partial charge in [0.25, 0.3) is 0 Å². The Morgan fingerprint density at radius 3 is 2.45 bits per heavy atom. The van der Waals surface area contributed by atoms with E-state index in [0.29, 0.717) is 24.3 Å². The molecule has 7 nitrogen and oxygen atoms in total. The first-order valence-electron chi connectivity index (χ1n) is 8.74. The van der Waals surface area contributed by atoms with Crippen LogP contribution in [0.25, 0.3) is 16.6 Å². The van der Waals surface area contributed by atoms with Gasteiger partial charge in [-0.05, 0) is 43.3 Å². The Morgan fingerprint density at radius 2 is 1.86 bits per heavy atom. The second-order valence-electron chi connectivity index (χ2n) is 7.37. The van der Waals surface area contributed by atoms with Gasteiger partial charge in [0.15, 0.2) is 5.75 Å². The molecule has 0 radical (unpaired) electrons. The fourth-order valence-corrected chi connectivity index (χ4v) is 3.53. The minimum atomic E-state index is -1.67. The van der Waals surface area contributed by atoms with Crippen LogP contribution >= 0.6 is 0 Å². The molecule has 9 heteroatoms. The first kappa shape index (κ1) is 18.9. The predicted molar refractivity (Wildman–Crippen MR) is 103 cm³/mol. The monoisotopic (exact) mass is 401 g/mol. The Hall–Kier alpha value is -3.46. The molecule has 4 rings (SSSR count). The molecule has 3 aromatic rings. The molecule has 1 aliphatic heterocycles. The molecule has 0 unspecified atom stereocenters. The number of hydrogen-bond acceptors (Lipinski definition) is 5. The number of carbonyl (C=O) groups is 1. The highest BCUT2D eigenvalue weighted by Gasteiger charge is 2.36. The Balaban J connectivity index is 1.96. The number of ether oxygens (including phenoxy) is 1. The Bertz CT molecular complexity index is 1180. The summed E-state index contributed by atoms with van der Waals surface area (Å²) in [5.74, 6) is -1.58. The zero-order chi connectivity index (χ0) is 20.9. The smallest absolute Gasteiger partial charge is 0.449 e. The van der Waals surface area contributed by atoms with Crippen LogP contribution in [0.5, 0.6) is 5.75 Å². The van der Waals surface area contributed by atoms with Gasteiger partial charge in [0, 0.05) is 24.3 Å². The maximum Gasteiger partial charge on any atom is 0.511 e. The van der Waals surface area contributed by atoms with Crippen molar-refractivity contribution in [2.75, 3.05) is 18.0 Å². The molecule has 1 aliphatic rings. The zero-order valence-electron chi connectivity index (χ0n) is 15.4. The van der Waals surface area contributed by atoms with E-state index in [4.69, 9.17) is 10.8 Å². The van der Waals surface area contributed by atoms with Gasteiger partial charge in [-0.2, -0.15) is 0 Å². The first-order chi connectivity index (χ1) is 13.6. The van der Waals surface area contributed by atoms with Crippen molar-refractivity contribution < 1.29 is 23.4 Å². The third-order valence-electron chi connectivity index (χ3n) is 4.79. The summed E-state index contributed by atoms with van der Waals surface area (Å²) in [6, 6.07) is 7.89. The topological polar surface area (TPSA) is 97.8 Å². The average Bonchev–Trinajstić information content (AvgIpc) is 2.62. The zero-order valence-corrected chi connectivity index (χ0v) is 15.4. The molecule has 0 bridgehead atoms. The number of pyridine rings is 1. The molecule has 2 heterocycles. The van der Waals surface area contributed by atoms with E-state index in [1.807, 2.05) is 6.92 Å². The SMILES string of the molecule is CC1(N)CN(c2cc3c(cc2F)c(=O)c(OC(=O)O)cn3-c2ccc(F)cc2)C1. The normalized spacial score (nSPS) is 15.2. The maximum absolute atomic E-state index is 14.8. The molecule has 0 atom stereocenters. The number of halogens is 2. The van der Waals surface area contributed by atoms with E-state index in [1.54, 1.807) is 4.90 Å². The molecule has 3 N–H and O–H groups in total. The quantitative estimate of drug-likeness (QED) is 0.655. The Morgan fingerprint density at radius 1 is 1.21 bits per heavy atom. The van der Waals surface area contributed by atoms with Crippen LogP contribution in [0.2, 0.25) is 0 Å².